The Morgan fingerprint density at radius 3 is 2.22 bits per heavy atom. The average Bonchev–Trinajstić information content (AvgIpc) is 2.61. The Kier molecular flexibility index (Phi) is 6.49. The maximum absolute atomic E-state index is 12.9. The second kappa shape index (κ2) is 8.43. The molecule has 0 aliphatic heterocycles. The molecular weight excluding hydrogens is 364 g/mol. The van der Waals surface area contributed by atoms with Gasteiger partial charge in [0.05, 0.1) is 19.1 Å². The first-order chi connectivity index (χ1) is 12.7. The van der Waals surface area contributed by atoms with Crippen LogP contribution in [0.4, 0.5) is 11.4 Å². The SMILES string of the molecule is CCC(C(=O)Nc1ccc(OC)cc1)N(c1ccc(C)c(C)c1)S(C)(=O)=O. The summed E-state index contributed by atoms with van der Waals surface area (Å²) in [7, 11) is -2.09. The molecular formula is C20H26N2O4S. The van der Waals surface area contributed by atoms with Gasteiger partial charge in [0.25, 0.3) is 0 Å². The Balaban J connectivity index is 2.36. The fourth-order valence-corrected chi connectivity index (χ4v) is 4.03. The van der Waals surface area contributed by atoms with Crippen molar-refractivity contribution < 1.29 is 17.9 Å². The van der Waals surface area contributed by atoms with Gasteiger partial charge in [0, 0.05) is 5.69 Å². The molecule has 0 saturated carbocycles. The summed E-state index contributed by atoms with van der Waals surface area (Å²) < 4.78 is 31.3. The van der Waals surface area contributed by atoms with E-state index in [1.165, 1.54) is 4.31 Å². The van der Waals surface area contributed by atoms with E-state index in [9.17, 15) is 13.2 Å². The van der Waals surface area contributed by atoms with Crippen LogP contribution >= 0.6 is 0 Å². The van der Waals surface area contributed by atoms with Crippen LogP contribution < -0.4 is 14.4 Å². The lowest BCUT2D eigenvalue weighted by molar-refractivity contribution is -0.117. The number of carbonyl (C=O) groups excluding carboxylic acids is 1. The number of rotatable bonds is 7. The summed E-state index contributed by atoms with van der Waals surface area (Å²) in [6.07, 6.45) is 1.45. The zero-order valence-corrected chi connectivity index (χ0v) is 17.1. The number of methoxy groups -OCH3 is 1. The molecule has 1 N–H and O–H groups in total. The molecule has 2 aromatic rings. The van der Waals surface area contributed by atoms with Crippen molar-refractivity contribution in [2.24, 2.45) is 0 Å². The highest BCUT2D eigenvalue weighted by Crippen LogP contribution is 2.26. The molecule has 0 spiro atoms. The van der Waals surface area contributed by atoms with Gasteiger partial charge in [-0.05, 0) is 67.8 Å². The summed E-state index contributed by atoms with van der Waals surface area (Å²) in [5.74, 6) is 0.291. The van der Waals surface area contributed by atoms with Crippen molar-refractivity contribution in [2.75, 3.05) is 23.0 Å². The summed E-state index contributed by atoms with van der Waals surface area (Å²) in [5.41, 5.74) is 3.08. The third-order valence-corrected chi connectivity index (χ3v) is 5.61. The Labute approximate surface area is 161 Å². The molecule has 1 atom stereocenters. The van der Waals surface area contributed by atoms with Gasteiger partial charge in [0.1, 0.15) is 11.8 Å². The first-order valence-corrected chi connectivity index (χ1v) is 10.5. The Hall–Kier alpha value is -2.54. The predicted octanol–water partition coefficient (Wildman–Crippen LogP) is 3.50. The zero-order chi connectivity index (χ0) is 20.2. The van der Waals surface area contributed by atoms with E-state index >= 15 is 0 Å². The summed E-state index contributed by atoms with van der Waals surface area (Å²) in [6, 6.07) is 11.4. The summed E-state index contributed by atoms with van der Waals surface area (Å²) in [6.45, 7) is 5.66. The van der Waals surface area contributed by atoms with Crippen molar-refractivity contribution in [3.05, 3.63) is 53.6 Å². The smallest absolute Gasteiger partial charge is 0.248 e. The number of amides is 1. The van der Waals surface area contributed by atoms with Gasteiger partial charge in [-0.25, -0.2) is 8.42 Å². The number of benzene rings is 2. The number of nitrogens with one attached hydrogen (secondary N) is 1. The van der Waals surface area contributed by atoms with E-state index in [1.807, 2.05) is 19.9 Å². The van der Waals surface area contributed by atoms with E-state index in [4.69, 9.17) is 4.74 Å². The highest BCUT2D eigenvalue weighted by molar-refractivity contribution is 7.92. The highest BCUT2D eigenvalue weighted by atomic mass is 32.2. The minimum Gasteiger partial charge on any atom is -0.497 e. The van der Waals surface area contributed by atoms with Crippen LogP contribution in [0.5, 0.6) is 5.75 Å². The number of nitrogens with zero attached hydrogens (tertiary/aromatic N) is 1. The molecule has 0 saturated heterocycles. The van der Waals surface area contributed by atoms with Crippen molar-refractivity contribution in [2.45, 2.75) is 33.2 Å². The molecule has 2 rings (SSSR count). The summed E-state index contributed by atoms with van der Waals surface area (Å²) in [4.78, 5) is 12.9. The molecule has 7 heteroatoms. The first kappa shape index (κ1) is 20.8. The fraction of sp³-hybridized carbons (Fsp3) is 0.350. The standard InChI is InChI=1S/C20H26N2O4S/c1-6-19(20(23)21-16-8-11-18(26-4)12-9-16)22(27(5,24)25)17-10-7-14(2)15(3)13-17/h7-13,19H,6H2,1-5H3,(H,21,23). The minimum absolute atomic E-state index is 0.335. The Morgan fingerprint density at radius 2 is 1.74 bits per heavy atom. The Morgan fingerprint density at radius 1 is 1.11 bits per heavy atom. The predicted molar refractivity (Wildman–Crippen MR) is 109 cm³/mol. The quantitative estimate of drug-likeness (QED) is 0.785. The van der Waals surface area contributed by atoms with Crippen molar-refractivity contribution >= 4 is 27.3 Å². The Bertz CT molecular complexity index is 908. The van der Waals surface area contributed by atoms with Crippen LogP contribution in [0.2, 0.25) is 0 Å². The largest absolute Gasteiger partial charge is 0.497 e. The molecule has 6 nitrogen and oxygen atoms in total. The van der Waals surface area contributed by atoms with Gasteiger partial charge in [0.2, 0.25) is 15.9 Å². The van der Waals surface area contributed by atoms with Crippen LogP contribution in [-0.2, 0) is 14.8 Å². The lowest BCUT2D eigenvalue weighted by Crippen LogP contribution is -2.47. The lowest BCUT2D eigenvalue weighted by atomic mass is 10.1. The fourth-order valence-electron chi connectivity index (χ4n) is 2.82. The number of carbonyl (C=O) groups is 1. The van der Waals surface area contributed by atoms with Crippen LogP contribution in [0.15, 0.2) is 42.5 Å². The molecule has 2 aromatic carbocycles. The van der Waals surface area contributed by atoms with E-state index in [0.717, 1.165) is 17.4 Å². The molecule has 0 heterocycles. The van der Waals surface area contributed by atoms with E-state index in [-0.39, 0.29) is 5.91 Å². The van der Waals surface area contributed by atoms with Gasteiger partial charge in [-0.3, -0.25) is 9.10 Å². The molecule has 0 aliphatic rings. The van der Waals surface area contributed by atoms with E-state index in [0.29, 0.717) is 23.5 Å². The summed E-state index contributed by atoms with van der Waals surface area (Å²) >= 11 is 0. The van der Waals surface area contributed by atoms with E-state index < -0.39 is 16.1 Å². The van der Waals surface area contributed by atoms with Gasteiger partial charge in [0.15, 0.2) is 0 Å². The van der Waals surface area contributed by atoms with Crippen molar-refractivity contribution in [3.63, 3.8) is 0 Å². The average molecular weight is 391 g/mol. The number of ether oxygens (including phenoxy) is 1. The second-order valence-electron chi connectivity index (χ2n) is 6.47. The maximum Gasteiger partial charge on any atom is 0.248 e. The van der Waals surface area contributed by atoms with Crippen LogP contribution in [-0.4, -0.2) is 33.7 Å². The summed E-state index contributed by atoms with van der Waals surface area (Å²) in [5, 5.41) is 2.79. The number of aryl methyl sites for hydroxylation is 2. The van der Waals surface area contributed by atoms with Crippen LogP contribution in [0.1, 0.15) is 24.5 Å². The minimum atomic E-state index is -3.65. The molecule has 0 aliphatic carbocycles. The van der Waals surface area contributed by atoms with Crippen LogP contribution in [0.3, 0.4) is 0 Å². The second-order valence-corrected chi connectivity index (χ2v) is 8.33. The maximum atomic E-state index is 12.9. The first-order valence-electron chi connectivity index (χ1n) is 8.69. The van der Waals surface area contributed by atoms with Gasteiger partial charge in [-0.1, -0.05) is 13.0 Å². The van der Waals surface area contributed by atoms with E-state index in [1.54, 1.807) is 50.4 Å². The molecule has 27 heavy (non-hydrogen) atoms. The highest BCUT2D eigenvalue weighted by Gasteiger charge is 2.31. The van der Waals surface area contributed by atoms with Crippen molar-refractivity contribution in [1.82, 2.24) is 0 Å². The van der Waals surface area contributed by atoms with Crippen molar-refractivity contribution in [1.29, 1.82) is 0 Å². The number of anilines is 2. The molecule has 1 amide bonds. The monoisotopic (exact) mass is 390 g/mol. The van der Waals surface area contributed by atoms with Crippen molar-refractivity contribution in [3.8, 4) is 5.75 Å². The molecule has 0 fully saturated rings. The number of hydrogen-bond acceptors (Lipinski definition) is 4. The lowest BCUT2D eigenvalue weighted by Gasteiger charge is -2.30. The van der Waals surface area contributed by atoms with Crippen LogP contribution in [0, 0.1) is 13.8 Å². The zero-order valence-electron chi connectivity index (χ0n) is 16.3. The van der Waals surface area contributed by atoms with Crippen LogP contribution in [0.25, 0.3) is 0 Å². The number of sulfonamides is 1. The van der Waals surface area contributed by atoms with Gasteiger partial charge in [-0.2, -0.15) is 0 Å². The molecule has 0 radical (unpaired) electrons. The number of hydrogen-bond donors (Lipinski definition) is 1. The molecule has 146 valence electrons. The van der Waals surface area contributed by atoms with E-state index in [2.05, 4.69) is 5.32 Å². The van der Waals surface area contributed by atoms with Gasteiger partial charge in [-0.15, -0.1) is 0 Å². The molecule has 1 unspecified atom stereocenters. The van der Waals surface area contributed by atoms with Gasteiger partial charge < -0.3 is 10.1 Å². The third kappa shape index (κ3) is 5.01. The molecule has 0 bridgehead atoms. The third-order valence-electron chi connectivity index (χ3n) is 4.43. The molecule has 0 aromatic heterocycles. The topological polar surface area (TPSA) is 75.7 Å². The van der Waals surface area contributed by atoms with Gasteiger partial charge >= 0.3 is 0 Å². The normalized spacial score (nSPS) is 12.3.